The molecule has 206 valence electrons. The summed E-state index contributed by atoms with van der Waals surface area (Å²) in [6.45, 7) is 8.85. The fourth-order valence-electron chi connectivity index (χ4n) is 5.24. The molecule has 2 aromatic heterocycles. The highest BCUT2D eigenvalue weighted by molar-refractivity contribution is 6.33. The van der Waals surface area contributed by atoms with Crippen LogP contribution < -0.4 is 10.6 Å². The molecule has 0 unspecified atom stereocenters. The van der Waals surface area contributed by atoms with Crippen LogP contribution in [0.15, 0.2) is 66.0 Å². The topological polar surface area (TPSA) is 91.6 Å². The van der Waals surface area contributed by atoms with Crippen molar-refractivity contribution in [1.29, 1.82) is 0 Å². The van der Waals surface area contributed by atoms with Gasteiger partial charge in [-0.1, -0.05) is 49.7 Å². The predicted molar refractivity (Wildman–Crippen MR) is 155 cm³/mol. The average molecular weight is 562 g/mol. The lowest BCUT2D eigenvalue weighted by atomic mass is 10.1. The number of hydrogen-bond acceptors (Lipinski definition) is 6. The van der Waals surface area contributed by atoms with Crippen molar-refractivity contribution in [3.63, 3.8) is 0 Å². The molecule has 0 saturated carbocycles. The van der Waals surface area contributed by atoms with Crippen molar-refractivity contribution in [2.45, 2.75) is 32.7 Å². The van der Waals surface area contributed by atoms with Crippen molar-refractivity contribution in [1.82, 2.24) is 19.4 Å². The number of anilines is 1. The number of rotatable bonds is 6. The monoisotopic (exact) mass is 561 g/mol. The maximum absolute atomic E-state index is 14.9. The van der Waals surface area contributed by atoms with Crippen molar-refractivity contribution in [2.75, 3.05) is 24.5 Å². The third kappa shape index (κ3) is 4.93. The number of piperazine rings is 1. The van der Waals surface area contributed by atoms with E-state index in [9.17, 15) is 19.1 Å². The van der Waals surface area contributed by atoms with Crippen LogP contribution in [0.4, 0.5) is 10.2 Å². The van der Waals surface area contributed by atoms with Gasteiger partial charge in [0.15, 0.2) is 5.65 Å². The number of aromatic hydroxyl groups is 1. The molecule has 0 spiro atoms. The van der Waals surface area contributed by atoms with E-state index in [-0.39, 0.29) is 39.6 Å². The molecule has 4 aromatic rings. The van der Waals surface area contributed by atoms with Crippen molar-refractivity contribution >= 4 is 34.4 Å². The number of amides is 1. The summed E-state index contributed by atoms with van der Waals surface area (Å²) in [5, 5.41) is 10.7. The van der Waals surface area contributed by atoms with Crippen LogP contribution in [-0.2, 0) is 11.2 Å². The van der Waals surface area contributed by atoms with E-state index in [0.29, 0.717) is 36.5 Å². The molecule has 10 heteroatoms. The van der Waals surface area contributed by atoms with Gasteiger partial charge >= 0.3 is 5.69 Å². The van der Waals surface area contributed by atoms with Crippen LogP contribution in [0, 0.1) is 5.82 Å². The lowest BCUT2D eigenvalue weighted by molar-refractivity contribution is -0.126. The summed E-state index contributed by atoms with van der Waals surface area (Å²) in [4.78, 5) is 39.0. The van der Waals surface area contributed by atoms with E-state index in [1.54, 1.807) is 11.0 Å². The predicted octanol–water partition coefficient (Wildman–Crippen LogP) is 5.12. The molecule has 1 aliphatic heterocycles. The molecule has 40 heavy (non-hydrogen) atoms. The van der Waals surface area contributed by atoms with Gasteiger partial charge in [-0.2, -0.15) is 4.98 Å². The number of nitrogens with zero attached hydrogens (tertiary/aromatic N) is 5. The summed E-state index contributed by atoms with van der Waals surface area (Å²) in [6.07, 6.45) is 2.87. The summed E-state index contributed by atoms with van der Waals surface area (Å²) in [7, 11) is 0. The van der Waals surface area contributed by atoms with Gasteiger partial charge in [-0.05, 0) is 55.3 Å². The first-order valence-electron chi connectivity index (χ1n) is 13.1. The van der Waals surface area contributed by atoms with E-state index in [1.165, 1.54) is 22.8 Å². The smallest absolute Gasteiger partial charge is 0.355 e. The first-order valence-corrected chi connectivity index (χ1v) is 13.5. The Morgan fingerprint density at radius 1 is 1.20 bits per heavy atom. The van der Waals surface area contributed by atoms with Gasteiger partial charge in [0.05, 0.1) is 21.8 Å². The quantitative estimate of drug-likeness (QED) is 0.329. The number of fused-ring (bicyclic) bond motifs is 1. The molecule has 3 heterocycles. The van der Waals surface area contributed by atoms with Gasteiger partial charge < -0.3 is 14.9 Å². The van der Waals surface area contributed by atoms with Crippen molar-refractivity contribution in [3.8, 4) is 22.7 Å². The second-order valence-electron chi connectivity index (χ2n) is 9.82. The van der Waals surface area contributed by atoms with Gasteiger partial charge in [0.1, 0.15) is 17.4 Å². The fraction of sp³-hybridized carbons (Fsp3) is 0.267. The Morgan fingerprint density at radius 3 is 2.70 bits per heavy atom. The number of phenols is 1. The normalized spacial score (nSPS) is 15.4. The Hall–Kier alpha value is -4.24. The number of para-hydroxylation sites is 1. The minimum atomic E-state index is -0.613. The molecule has 1 N–H and O–H groups in total. The summed E-state index contributed by atoms with van der Waals surface area (Å²) in [5.41, 5.74) is 1.39. The lowest BCUT2D eigenvalue weighted by Crippen LogP contribution is -2.54. The third-order valence-electron chi connectivity index (χ3n) is 7.14. The number of pyridine rings is 1. The van der Waals surface area contributed by atoms with Gasteiger partial charge in [0, 0.05) is 31.2 Å². The zero-order chi connectivity index (χ0) is 28.6. The number of aromatic nitrogens is 3. The van der Waals surface area contributed by atoms with Gasteiger partial charge in [-0.3, -0.25) is 4.79 Å². The number of phenolic OH excluding ortho intramolecular Hbond substituents is 1. The molecular formula is C30H29ClFN5O3. The Balaban J connectivity index is 1.78. The van der Waals surface area contributed by atoms with E-state index < -0.39 is 11.5 Å². The number of aryl methyl sites for hydroxylation is 1. The van der Waals surface area contributed by atoms with Crippen LogP contribution in [0.2, 0.25) is 5.02 Å². The molecule has 8 nitrogen and oxygen atoms in total. The average Bonchev–Trinajstić information content (AvgIpc) is 2.94. The SMILES string of the molecule is C=CC(=O)N1CCN(c2nc(=O)n(-c3ccccc3CCC)c3nc(-c4cc(O)ccc4F)c(Cl)cc23)[C@@H](C)C1. The highest BCUT2D eigenvalue weighted by atomic mass is 35.5. The number of carbonyl (C=O) groups excluding carboxylic acids is 1. The molecular weight excluding hydrogens is 533 g/mol. The van der Waals surface area contributed by atoms with E-state index in [1.807, 2.05) is 36.1 Å². The van der Waals surface area contributed by atoms with E-state index >= 15 is 0 Å². The number of halogens is 2. The summed E-state index contributed by atoms with van der Waals surface area (Å²) in [6, 6.07) is 12.6. The van der Waals surface area contributed by atoms with E-state index in [4.69, 9.17) is 16.6 Å². The molecule has 0 bridgehead atoms. The number of benzene rings is 2. The highest BCUT2D eigenvalue weighted by Gasteiger charge is 2.30. The Morgan fingerprint density at radius 2 is 1.98 bits per heavy atom. The summed E-state index contributed by atoms with van der Waals surface area (Å²) >= 11 is 6.70. The first-order chi connectivity index (χ1) is 19.2. The van der Waals surface area contributed by atoms with Crippen LogP contribution in [-0.4, -0.2) is 56.1 Å². The largest absolute Gasteiger partial charge is 0.508 e. The second kappa shape index (κ2) is 11.1. The number of hydrogen-bond donors (Lipinski definition) is 1. The maximum atomic E-state index is 14.9. The summed E-state index contributed by atoms with van der Waals surface area (Å²) in [5.74, 6) is -0.525. The Kier molecular flexibility index (Phi) is 7.58. The highest BCUT2D eigenvalue weighted by Crippen LogP contribution is 2.36. The van der Waals surface area contributed by atoms with Crippen molar-refractivity contribution in [3.05, 3.63) is 88.1 Å². The third-order valence-corrected chi connectivity index (χ3v) is 7.43. The molecule has 1 atom stereocenters. The molecule has 1 saturated heterocycles. The van der Waals surface area contributed by atoms with Gasteiger partial charge in [0.2, 0.25) is 5.91 Å². The van der Waals surface area contributed by atoms with Crippen LogP contribution >= 0.6 is 11.6 Å². The zero-order valence-electron chi connectivity index (χ0n) is 22.3. The minimum Gasteiger partial charge on any atom is -0.508 e. The standard InChI is InChI=1S/C30H29ClFN5O3/c1-4-8-19-9-6-7-10-25(19)37-29-22(16-23(31)27(33-29)21-15-20(38)11-12-24(21)32)28(34-30(37)40)36-14-13-35(17-18(36)3)26(39)5-2/h5-7,9-12,15-16,18,38H,2,4,8,13-14,17H2,1,3H3/t18-/m0/s1. The fourth-order valence-corrected chi connectivity index (χ4v) is 5.49. The van der Waals surface area contributed by atoms with Crippen LogP contribution in [0.25, 0.3) is 28.0 Å². The van der Waals surface area contributed by atoms with Crippen LogP contribution in [0.5, 0.6) is 5.75 Å². The molecule has 5 rings (SSSR count). The summed E-state index contributed by atoms with van der Waals surface area (Å²) < 4.78 is 16.4. The van der Waals surface area contributed by atoms with Crippen molar-refractivity contribution < 1.29 is 14.3 Å². The Labute approximate surface area is 236 Å². The minimum absolute atomic E-state index is 0.0102. The van der Waals surface area contributed by atoms with Crippen LogP contribution in [0.3, 0.4) is 0 Å². The van der Waals surface area contributed by atoms with E-state index in [2.05, 4.69) is 18.5 Å². The molecule has 0 radical (unpaired) electrons. The van der Waals surface area contributed by atoms with Crippen LogP contribution in [0.1, 0.15) is 25.8 Å². The van der Waals surface area contributed by atoms with Gasteiger partial charge in [-0.25, -0.2) is 18.7 Å². The van der Waals surface area contributed by atoms with E-state index in [0.717, 1.165) is 24.5 Å². The van der Waals surface area contributed by atoms with Gasteiger partial charge in [0.25, 0.3) is 0 Å². The molecule has 1 amide bonds. The molecule has 0 aliphatic carbocycles. The second-order valence-corrected chi connectivity index (χ2v) is 10.2. The lowest BCUT2D eigenvalue weighted by Gasteiger charge is -2.40. The molecule has 2 aromatic carbocycles. The van der Waals surface area contributed by atoms with Crippen molar-refractivity contribution in [2.24, 2.45) is 0 Å². The first kappa shape index (κ1) is 27.3. The number of carbonyl (C=O) groups is 1. The van der Waals surface area contributed by atoms with Gasteiger partial charge in [-0.15, -0.1) is 0 Å². The maximum Gasteiger partial charge on any atom is 0.355 e. The Bertz CT molecular complexity index is 1690. The zero-order valence-corrected chi connectivity index (χ0v) is 23.0. The molecule has 1 fully saturated rings. The molecule has 1 aliphatic rings.